The van der Waals surface area contributed by atoms with Crippen LogP contribution in [0.4, 0.5) is 4.39 Å². The fourth-order valence-electron chi connectivity index (χ4n) is 2.26. The second kappa shape index (κ2) is 7.74. The van der Waals surface area contributed by atoms with Gasteiger partial charge >= 0.3 is 0 Å². The Morgan fingerprint density at radius 1 is 1.33 bits per heavy atom. The van der Waals surface area contributed by atoms with Gasteiger partial charge in [0.1, 0.15) is 0 Å². The highest BCUT2D eigenvalue weighted by Gasteiger charge is 2.16. The number of nitrogens with one attached hydrogen (secondary N) is 1. The van der Waals surface area contributed by atoms with Crippen LogP contribution in [-0.2, 0) is 4.79 Å². The Morgan fingerprint density at radius 2 is 2.21 bits per heavy atom. The third-order valence-corrected chi connectivity index (χ3v) is 4.16. The van der Waals surface area contributed by atoms with Gasteiger partial charge in [0, 0.05) is 18.9 Å². The van der Waals surface area contributed by atoms with Crippen molar-refractivity contribution in [1.29, 1.82) is 0 Å². The van der Waals surface area contributed by atoms with E-state index in [1.54, 1.807) is 34.3 Å². The van der Waals surface area contributed by atoms with E-state index in [1.807, 2.05) is 29.1 Å². The van der Waals surface area contributed by atoms with Gasteiger partial charge in [0.25, 0.3) is 5.91 Å². The predicted molar refractivity (Wildman–Crippen MR) is 89.6 cm³/mol. The van der Waals surface area contributed by atoms with Crippen molar-refractivity contribution in [2.45, 2.75) is 6.04 Å². The molecule has 0 saturated heterocycles. The topological polar surface area (TPSA) is 56.1 Å². The number of hydrogen-bond donors (Lipinski definition) is 1. The van der Waals surface area contributed by atoms with Crippen LogP contribution in [0, 0.1) is 5.82 Å². The summed E-state index contributed by atoms with van der Waals surface area (Å²) >= 11 is 1.59. The standard InChI is InChI=1S/C17H16FN3O2S/c18-14-4-1-2-5-16(14)23-11-17(22)19-10-15(13-6-9-24-12-13)21-8-3-7-20-21/h1-9,12,15H,10-11H2,(H,19,22). The van der Waals surface area contributed by atoms with Crippen molar-refractivity contribution in [3.05, 3.63) is 70.9 Å². The van der Waals surface area contributed by atoms with E-state index >= 15 is 0 Å². The fraction of sp³-hybridized carbons (Fsp3) is 0.176. The van der Waals surface area contributed by atoms with Crippen molar-refractivity contribution in [1.82, 2.24) is 15.1 Å². The van der Waals surface area contributed by atoms with Crippen LogP contribution in [0.15, 0.2) is 59.6 Å². The quantitative estimate of drug-likeness (QED) is 0.716. The van der Waals surface area contributed by atoms with Gasteiger partial charge in [-0.05, 0) is 40.6 Å². The van der Waals surface area contributed by atoms with Crippen molar-refractivity contribution < 1.29 is 13.9 Å². The number of rotatable bonds is 7. The predicted octanol–water partition coefficient (Wildman–Crippen LogP) is 2.87. The molecule has 0 aliphatic rings. The lowest BCUT2D eigenvalue weighted by Gasteiger charge is -2.17. The summed E-state index contributed by atoms with van der Waals surface area (Å²) in [5.74, 6) is -0.738. The van der Waals surface area contributed by atoms with Crippen LogP contribution in [-0.4, -0.2) is 28.8 Å². The van der Waals surface area contributed by atoms with Gasteiger partial charge in [0.2, 0.25) is 0 Å². The molecule has 2 heterocycles. The first-order valence-electron chi connectivity index (χ1n) is 7.39. The molecular formula is C17H16FN3O2S. The molecule has 5 nitrogen and oxygen atoms in total. The third-order valence-electron chi connectivity index (χ3n) is 3.46. The van der Waals surface area contributed by atoms with Gasteiger partial charge in [0.15, 0.2) is 18.2 Å². The second-order valence-electron chi connectivity index (χ2n) is 5.08. The molecule has 0 fully saturated rings. The molecule has 0 bridgehead atoms. The van der Waals surface area contributed by atoms with Crippen LogP contribution < -0.4 is 10.1 Å². The van der Waals surface area contributed by atoms with Crippen LogP contribution in [0.5, 0.6) is 5.75 Å². The molecule has 24 heavy (non-hydrogen) atoms. The number of para-hydroxylation sites is 1. The Balaban J connectivity index is 1.57. The summed E-state index contributed by atoms with van der Waals surface area (Å²) in [7, 11) is 0. The monoisotopic (exact) mass is 345 g/mol. The Bertz CT molecular complexity index is 741. The maximum absolute atomic E-state index is 13.5. The lowest BCUT2D eigenvalue weighted by molar-refractivity contribution is -0.123. The maximum atomic E-state index is 13.5. The molecule has 0 spiro atoms. The number of halogens is 1. The van der Waals surface area contributed by atoms with Gasteiger partial charge in [0.05, 0.1) is 6.04 Å². The first kappa shape index (κ1) is 16.2. The first-order chi connectivity index (χ1) is 11.7. The van der Waals surface area contributed by atoms with Crippen molar-refractivity contribution in [2.75, 3.05) is 13.2 Å². The zero-order valence-electron chi connectivity index (χ0n) is 12.8. The van der Waals surface area contributed by atoms with Crippen LogP contribution in [0.2, 0.25) is 0 Å². The zero-order valence-corrected chi connectivity index (χ0v) is 13.6. The molecule has 1 atom stereocenters. The molecule has 0 saturated carbocycles. The third kappa shape index (κ3) is 3.99. The molecule has 0 aliphatic carbocycles. The first-order valence-corrected chi connectivity index (χ1v) is 8.33. The molecule has 0 radical (unpaired) electrons. The summed E-state index contributed by atoms with van der Waals surface area (Å²) in [4.78, 5) is 12.0. The van der Waals surface area contributed by atoms with E-state index < -0.39 is 5.82 Å². The van der Waals surface area contributed by atoms with Gasteiger partial charge < -0.3 is 10.1 Å². The highest BCUT2D eigenvalue weighted by atomic mass is 32.1. The Hall–Kier alpha value is -2.67. The fourth-order valence-corrected chi connectivity index (χ4v) is 2.97. The number of thiophene rings is 1. The zero-order chi connectivity index (χ0) is 16.8. The van der Waals surface area contributed by atoms with Crippen molar-refractivity contribution in [3.8, 4) is 5.75 Å². The van der Waals surface area contributed by atoms with E-state index in [9.17, 15) is 9.18 Å². The van der Waals surface area contributed by atoms with Crippen LogP contribution in [0.3, 0.4) is 0 Å². The van der Waals surface area contributed by atoms with Gasteiger partial charge in [-0.3, -0.25) is 9.48 Å². The number of benzene rings is 1. The number of carbonyl (C=O) groups is 1. The number of nitrogens with zero attached hydrogens (tertiary/aromatic N) is 2. The minimum absolute atomic E-state index is 0.0640. The summed E-state index contributed by atoms with van der Waals surface area (Å²) in [5, 5.41) is 11.1. The molecular weight excluding hydrogens is 329 g/mol. The molecule has 3 aromatic rings. The van der Waals surface area contributed by atoms with E-state index in [1.165, 1.54) is 12.1 Å². The van der Waals surface area contributed by atoms with Gasteiger partial charge in [-0.1, -0.05) is 12.1 Å². The molecule has 1 N–H and O–H groups in total. The van der Waals surface area contributed by atoms with Crippen molar-refractivity contribution in [3.63, 3.8) is 0 Å². The van der Waals surface area contributed by atoms with E-state index in [0.29, 0.717) is 6.54 Å². The smallest absolute Gasteiger partial charge is 0.258 e. The normalized spacial score (nSPS) is 11.9. The number of ether oxygens (including phenoxy) is 1. The summed E-state index contributed by atoms with van der Waals surface area (Å²) in [6, 6.07) is 9.74. The van der Waals surface area contributed by atoms with Crippen molar-refractivity contribution in [2.24, 2.45) is 0 Å². The largest absolute Gasteiger partial charge is 0.481 e. The summed E-state index contributed by atoms with van der Waals surface area (Å²) in [6.45, 7) is 0.133. The molecule has 124 valence electrons. The van der Waals surface area contributed by atoms with Crippen LogP contribution >= 0.6 is 11.3 Å². The minimum atomic E-state index is -0.488. The van der Waals surface area contributed by atoms with E-state index in [-0.39, 0.29) is 24.3 Å². The molecule has 1 amide bonds. The van der Waals surface area contributed by atoms with E-state index in [4.69, 9.17) is 4.74 Å². The second-order valence-corrected chi connectivity index (χ2v) is 5.86. The number of amides is 1. The molecule has 2 aromatic heterocycles. The SMILES string of the molecule is O=C(COc1ccccc1F)NCC(c1ccsc1)n1cccn1. The maximum Gasteiger partial charge on any atom is 0.258 e. The summed E-state index contributed by atoms with van der Waals surface area (Å²) in [6.07, 6.45) is 3.55. The minimum Gasteiger partial charge on any atom is -0.481 e. The molecule has 1 aromatic carbocycles. The van der Waals surface area contributed by atoms with Gasteiger partial charge in [-0.2, -0.15) is 16.4 Å². The Labute approximate surface area is 142 Å². The molecule has 1 unspecified atom stereocenters. The lowest BCUT2D eigenvalue weighted by atomic mass is 10.1. The summed E-state index contributed by atoms with van der Waals surface area (Å²) < 4.78 is 20.5. The van der Waals surface area contributed by atoms with Gasteiger partial charge in [-0.15, -0.1) is 0 Å². The highest BCUT2D eigenvalue weighted by molar-refractivity contribution is 7.07. The van der Waals surface area contributed by atoms with Crippen LogP contribution in [0.25, 0.3) is 0 Å². The van der Waals surface area contributed by atoms with Crippen molar-refractivity contribution >= 4 is 17.2 Å². The summed E-state index contributed by atoms with van der Waals surface area (Å²) in [5.41, 5.74) is 1.07. The van der Waals surface area contributed by atoms with E-state index in [0.717, 1.165) is 5.56 Å². The number of aromatic nitrogens is 2. The average molecular weight is 345 g/mol. The number of hydrogen-bond acceptors (Lipinski definition) is 4. The molecule has 7 heteroatoms. The highest BCUT2D eigenvalue weighted by Crippen LogP contribution is 2.19. The number of carbonyl (C=O) groups excluding carboxylic acids is 1. The average Bonchev–Trinajstić information content (AvgIpc) is 3.28. The van der Waals surface area contributed by atoms with E-state index in [2.05, 4.69) is 10.4 Å². The lowest BCUT2D eigenvalue weighted by Crippen LogP contribution is -2.34. The Morgan fingerprint density at radius 3 is 2.92 bits per heavy atom. The van der Waals surface area contributed by atoms with Gasteiger partial charge in [-0.25, -0.2) is 4.39 Å². The molecule has 0 aliphatic heterocycles. The Kier molecular flexibility index (Phi) is 5.22. The molecule has 3 rings (SSSR count). The van der Waals surface area contributed by atoms with Crippen LogP contribution in [0.1, 0.15) is 11.6 Å².